The second-order valence-electron chi connectivity index (χ2n) is 5.51. The van der Waals surface area contributed by atoms with Gasteiger partial charge in [0.1, 0.15) is 11.9 Å². The third-order valence-electron chi connectivity index (χ3n) is 2.97. The van der Waals surface area contributed by atoms with E-state index in [0.717, 1.165) is 25.3 Å². The van der Waals surface area contributed by atoms with Crippen molar-refractivity contribution >= 4 is 11.6 Å². The second kappa shape index (κ2) is 5.47. The highest BCUT2D eigenvalue weighted by atomic mass is 35.5. The van der Waals surface area contributed by atoms with Gasteiger partial charge in [-0.05, 0) is 32.4 Å². The summed E-state index contributed by atoms with van der Waals surface area (Å²) in [5, 5.41) is 10.4. The van der Waals surface area contributed by atoms with Crippen LogP contribution in [0.3, 0.4) is 0 Å². The predicted octanol–water partition coefficient (Wildman–Crippen LogP) is 2.56. The fraction of sp³-hybridized carbons (Fsp3) is 0.571. The van der Waals surface area contributed by atoms with Crippen molar-refractivity contribution in [2.75, 3.05) is 19.6 Å². The minimum atomic E-state index is -0.653. The predicted molar refractivity (Wildman–Crippen MR) is 73.2 cm³/mol. The van der Waals surface area contributed by atoms with E-state index in [1.54, 1.807) is 0 Å². The average molecular weight is 270 g/mol. The number of hydrogen-bond donors (Lipinski definition) is 1. The minimum absolute atomic E-state index is 0.159. The summed E-state index contributed by atoms with van der Waals surface area (Å²) in [6.45, 7) is 6.13. The van der Waals surface area contributed by atoms with Crippen LogP contribution >= 0.6 is 11.6 Å². The number of hydrogen-bond acceptors (Lipinski definition) is 3. The van der Waals surface area contributed by atoms with Crippen molar-refractivity contribution in [2.45, 2.75) is 32.0 Å². The van der Waals surface area contributed by atoms with Gasteiger partial charge in [0, 0.05) is 19.6 Å². The lowest BCUT2D eigenvalue weighted by atomic mass is 10.1. The zero-order valence-corrected chi connectivity index (χ0v) is 11.7. The fourth-order valence-electron chi connectivity index (χ4n) is 2.30. The molecule has 1 aliphatic heterocycles. The number of ether oxygens (including phenoxy) is 1. The van der Waals surface area contributed by atoms with Gasteiger partial charge in [0.15, 0.2) is 0 Å². The minimum Gasteiger partial charge on any atom is -0.487 e. The Bertz CT molecular complexity index is 403. The lowest BCUT2D eigenvalue weighted by molar-refractivity contribution is 0.0407. The van der Waals surface area contributed by atoms with Gasteiger partial charge in [-0.3, -0.25) is 4.90 Å². The second-order valence-corrected chi connectivity index (χ2v) is 5.91. The molecule has 1 saturated heterocycles. The highest BCUT2D eigenvalue weighted by Crippen LogP contribution is 2.26. The van der Waals surface area contributed by atoms with Crippen LogP contribution in [0, 0.1) is 0 Å². The van der Waals surface area contributed by atoms with Crippen LogP contribution in [-0.2, 0) is 0 Å². The number of likely N-dealkylation sites (tertiary alicyclic amines) is 1. The fourth-order valence-corrected chi connectivity index (χ4v) is 2.48. The van der Waals surface area contributed by atoms with Crippen LogP contribution in [-0.4, -0.2) is 41.3 Å². The molecule has 1 aromatic rings. The van der Waals surface area contributed by atoms with E-state index in [9.17, 15) is 5.11 Å². The highest BCUT2D eigenvalue weighted by Gasteiger charge is 2.28. The number of halogens is 1. The molecule has 4 heteroatoms. The third kappa shape index (κ3) is 3.87. The van der Waals surface area contributed by atoms with Gasteiger partial charge in [0.25, 0.3) is 0 Å². The molecular formula is C14H20ClNO2. The van der Waals surface area contributed by atoms with Crippen molar-refractivity contribution in [3.63, 3.8) is 0 Å². The number of β-amino-alcohol motifs (C(OH)–C–C–N with tert-alkyl or cyclic N) is 1. The molecule has 0 saturated carbocycles. The Labute approximate surface area is 113 Å². The molecule has 1 atom stereocenters. The molecule has 0 amide bonds. The maximum absolute atomic E-state index is 9.79. The van der Waals surface area contributed by atoms with Crippen LogP contribution in [0.15, 0.2) is 24.3 Å². The van der Waals surface area contributed by atoms with Crippen molar-refractivity contribution in [3.05, 3.63) is 29.3 Å². The van der Waals surface area contributed by atoms with Gasteiger partial charge in [-0.1, -0.05) is 23.7 Å². The molecule has 0 radical (unpaired) electrons. The molecule has 0 bridgehead atoms. The Morgan fingerprint density at radius 2 is 2.17 bits per heavy atom. The number of benzene rings is 1. The maximum atomic E-state index is 9.79. The van der Waals surface area contributed by atoms with Gasteiger partial charge in [-0.15, -0.1) is 0 Å². The first-order valence-electron chi connectivity index (χ1n) is 6.30. The molecule has 1 aromatic carbocycles. The smallest absolute Gasteiger partial charge is 0.138 e. The molecule has 0 aromatic heterocycles. The van der Waals surface area contributed by atoms with Crippen molar-refractivity contribution in [1.29, 1.82) is 0 Å². The lowest BCUT2D eigenvalue weighted by Gasteiger charge is -2.25. The van der Waals surface area contributed by atoms with E-state index in [0.29, 0.717) is 11.6 Å². The third-order valence-corrected chi connectivity index (χ3v) is 3.28. The number of rotatable bonds is 4. The number of aliphatic hydroxyl groups is 1. The largest absolute Gasteiger partial charge is 0.487 e. The summed E-state index contributed by atoms with van der Waals surface area (Å²) in [5.41, 5.74) is -0.653. The van der Waals surface area contributed by atoms with Crippen LogP contribution < -0.4 is 4.74 Å². The zero-order chi connectivity index (χ0) is 13.2. The first-order valence-corrected chi connectivity index (χ1v) is 6.68. The summed E-state index contributed by atoms with van der Waals surface area (Å²) in [4.78, 5) is 2.22. The van der Waals surface area contributed by atoms with E-state index in [1.165, 1.54) is 0 Å². The summed E-state index contributed by atoms with van der Waals surface area (Å²) >= 11 is 6.07. The molecule has 100 valence electrons. The molecule has 0 spiro atoms. The van der Waals surface area contributed by atoms with Crippen LogP contribution in [0.2, 0.25) is 5.02 Å². The SMILES string of the molecule is CC(C)(O)CN1CCC(Oc2ccccc2Cl)C1. The normalized spacial score (nSPS) is 21.2. The Hall–Kier alpha value is -0.770. The monoisotopic (exact) mass is 269 g/mol. The van der Waals surface area contributed by atoms with E-state index in [4.69, 9.17) is 16.3 Å². The molecule has 1 heterocycles. The van der Waals surface area contributed by atoms with E-state index in [2.05, 4.69) is 4.90 Å². The van der Waals surface area contributed by atoms with Crippen molar-refractivity contribution < 1.29 is 9.84 Å². The zero-order valence-electron chi connectivity index (χ0n) is 10.9. The van der Waals surface area contributed by atoms with Gasteiger partial charge in [-0.2, -0.15) is 0 Å². The average Bonchev–Trinajstić information content (AvgIpc) is 2.66. The Kier molecular flexibility index (Phi) is 4.15. The van der Waals surface area contributed by atoms with Gasteiger partial charge < -0.3 is 9.84 Å². The molecule has 2 rings (SSSR count). The molecule has 18 heavy (non-hydrogen) atoms. The molecule has 3 nitrogen and oxygen atoms in total. The molecule has 1 aliphatic rings. The summed E-state index contributed by atoms with van der Waals surface area (Å²) in [5.74, 6) is 0.745. The van der Waals surface area contributed by atoms with Crippen molar-refractivity contribution in [2.24, 2.45) is 0 Å². The first-order chi connectivity index (χ1) is 8.44. The number of para-hydroxylation sites is 1. The van der Waals surface area contributed by atoms with Gasteiger partial charge in [0.2, 0.25) is 0 Å². The van der Waals surface area contributed by atoms with E-state index in [1.807, 2.05) is 38.1 Å². The Morgan fingerprint density at radius 1 is 1.44 bits per heavy atom. The maximum Gasteiger partial charge on any atom is 0.138 e. The van der Waals surface area contributed by atoms with Crippen LogP contribution in [0.1, 0.15) is 20.3 Å². The summed E-state index contributed by atoms with van der Waals surface area (Å²) in [6.07, 6.45) is 1.13. The van der Waals surface area contributed by atoms with Gasteiger partial charge in [0.05, 0.1) is 10.6 Å². The summed E-state index contributed by atoms with van der Waals surface area (Å²) in [7, 11) is 0. The van der Waals surface area contributed by atoms with Gasteiger partial charge >= 0.3 is 0 Å². The molecule has 1 fully saturated rings. The standard InChI is InChI=1S/C14H20ClNO2/c1-14(2,17)10-16-8-7-11(9-16)18-13-6-4-3-5-12(13)15/h3-6,11,17H,7-10H2,1-2H3. The molecular weight excluding hydrogens is 250 g/mol. The topological polar surface area (TPSA) is 32.7 Å². The van der Waals surface area contributed by atoms with Crippen LogP contribution in [0.4, 0.5) is 0 Å². The van der Waals surface area contributed by atoms with Gasteiger partial charge in [-0.25, -0.2) is 0 Å². The Morgan fingerprint density at radius 3 is 2.83 bits per heavy atom. The lowest BCUT2D eigenvalue weighted by Crippen LogP contribution is -2.38. The van der Waals surface area contributed by atoms with E-state index >= 15 is 0 Å². The quantitative estimate of drug-likeness (QED) is 0.912. The highest BCUT2D eigenvalue weighted by molar-refractivity contribution is 6.32. The first kappa shape index (κ1) is 13.7. The van der Waals surface area contributed by atoms with Crippen LogP contribution in [0.25, 0.3) is 0 Å². The van der Waals surface area contributed by atoms with E-state index < -0.39 is 5.60 Å². The molecule has 1 unspecified atom stereocenters. The summed E-state index contributed by atoms with van der Waals surface area (Å²) in [6, 6.07) is 7.54. The summed E-state index contributed by atoms with van der Waals surface area (Å²) < 4.78 is 5.90. The van der Waals surface area contributed by atoms with Crippen LogP contribution in [0.5, 0.6) is 5.75 Å². The molecule has 0 aliphatic carbocycles. The van der Waals surface area contributed by atoms with Crippen molar-refractivity contribution in [1.82, 2.24) is 4.90 Å². The number of nitrogens with zero attached hydrogens (tertiary/aromatic N) is 1. The van der Waals surface area contributed by atoms with Crippen molar-refractivity contribution in [3.8, 4) is 5.75 Å². The van der Waals surface area contributed by atoms with E-state index in [-0.39, 0.29) is 6.10 Å². The molecule has 1 N–H and O–H groups in total. The Balaban J connectivity index is 1.88.